The third-order valence-corrected chi connectivity index (χ3v) is 6.48. The lowest BCUT2D eigenvalue weighted by molar-refractivity contribution is -0.886. The van der Waals surface area contributed by atoms with Gasteiger partial charge < -0.3 is 5.73 Å². The number of halogens is 6. The maximum Gasteiger partial charge on any atom is 0.416 e. The quantitative estimate of drug-likeness (QED) is 0.386. The minimum atomic E-state index is -5.03. The first kappa shape index (κ1) is 27.2. The second-order valence-electron chi connectivity index (χ2n) is 10.7. The van der Waals surface area contributed by atoms with E-state index in [0.29, 0.717) is 31.4 Å². The van der Waals surface area contributed by atoms with Crippen molar-refractivity contribution in [2.45, 2.75) is 64.5 Å². The maximum atomic E-state index is 14.1. The Morgan fingerprint density at radius 3 is 1.97 bits per heavy atom. The normalized spacial score (nSPS) is 23.8. The first-order valence-electron chi connectivity index (χ1n) is 11.5. The van der Waals surface area contributed by atoms with E-state index in [4.69, 9.17) is 5.73 Å². The number of carbonyl (C=O) groups is 1. The average molecular weight is 502 g/mol. The Balaban J connectivity index is 2.18. The Bertz CT molecular complexity index is 1010. The summed E-state index contributed by atoms with van der Waals surface area (Å²) < 4.78 is 80.9. The Labute approximate surface area is 201 Å². The van der Waals surface area contributed by atoms with E-state index in [1.807, 2.05) is 51.1 Å². The van der Waals surface area contributed by atoms with Gasteiger partial charge in [-0.2, -0.15) is 26.3 Å². The van der Waals surface area contributed by atoms with Gasteiger partial charge in [0.1, 0.15) is 6.04 Å². The molecule has 1 saturated heterocycles. The van der Waals surface area contributed by atoms with Crippen LogP contribution in [0.3, 0.4) is 0 Å². The van der Waals surface area contributed by atoms with Gasteiger partial charge in [0.05, 0.1) is 29.8 Å². The molecule has 3 nitrogen and oxygen atoms in total. The van der Waals surface area contributed by atoms with Crippen molar-refractivity contribution in [3.8, 4) is 0 Å². The van der Waals surface area contributed by atoms with E-state index in [0.717, 1.165) is 5.56 Å². The highest BCUT2D eigenvalue weighted by Crippen LogP contribution is 2.39. The van der Waals surface area contributed by atoms with Crippen LogP contribution in [-0.2, 0) is 18.8 Å². The number of rotatable bonds is 4. The molecular formula is C26H31F6N2O+. The Kier molecular flexibility index (Phi) is 7.44. The maximum absolute atomic E-state index is 14.1. The van der Waals surface area contributed by atoms with Gasteiger partial charge in [0.2, 0.25) is 0 Å². The molecule has 2 aromatic rings. The summed E-state index contributed by atoms with van der Waals surface area (Å²) in [6, 6.07) is 9.87. The fourth-order valence-corrected chi connectivity index (χ4v) is 5.12. The van der Waals surface area contributed by atoms with Gasteiger partial charge in [0, 0.05) is 30.7 Å². The Morgan fingerprint density at radius 2 is 1.49 bits per heavy atom. The van der Waals surface area contributed by atoms with Crippen molar-refractivity contribution in [1.29, 1.82) is 0 Å². The van der Waals surface area contributed by atoms with Crippen molar-refractivity contribution >= 4 is 5.91 Å². The molecule has 0 aromatic heterocycles. The van der Waals surface area contributed by atoms with Crippen molar-refractivity contribution in [2.75, 3.05) is 13.1 Å². The third kappa shape index (κ3) is 6.44. The van der Waals surface area contributed by atoms with Crippen LogP contribution in [0.4, 0.5) is 26.3 Å². The van der Waals surface area contributed by atoms with Gasteiger partial charge in [-0.1, -0.05) is 51.1 Å². The molecule has 3 atom stereocenters. The minimum absolute atomic E-state index is 0.0540. The summed E-state index contributed by atoms with van der Waals surface area (Å²) in [4.78, 5) is 14.1. The van der Waals surface area contributed by atoms with Crippen LogP contribution in [0.15, 0.2) is 48.5 Å². The van der Waals surface area contributed by atoms with Gasteiger partial charge in [-0.25, -0.2) is 4.79 Å². The summed E-state index contributed by atoms with van der Waals surface area (Å²) in [6.45, 7) is 6.21. The lowest BCUT2D eigenvalue weighted by atomic mass is 9.84. The predicted molar refractivity (Wildman–Crippen MR) is 121 cm³/mol. The Hall–Kier alpha value is -2.39. The molecule has 1 heterocycles. The van der Waals surface area contributed by atoms with Gasteiger partial charge in [-0.05, 0) is 23.8 Å². The summed E-state index contributed by atoms with van der Waals surface area (Å²) in [5.74, 6) is -0.732. The largest absolute Gasteiger partial charge is 0.416 e. The van der Waals surface area contributed by atoms with E-state index in [1.165, 1.54) is 0 Å². The highest BCUT2D eigenvalue weighted by molar-refractivity contribution is 5.90. The zero-order valence-corrected chi connectivity index (χ0v) is 20.0. The van der Waals surface area contributed by atoms with Crippen LogP contribution in [-0.4, -0.2) is 35.6 Å². The molecular weight excluding hydrogens is 470 g/mol. The topological polar surface area (TPSA) is 43.1 Å². The number of alkyl halides is 6. The number of nitrogens with two attached hydrogens (primary N) is 1. The minimum Gasteiger partial charge on any atom is -0.327 e. The van der Waals surface area contributed by atoms with Crippen LogP contribution in [0.1, 0.15) is 60.7 Å². The molecule has 0 saturated carbocycles. The first-order valence-corrected chi connectivity index (χ1v) is 11.5. The van der Waals surface area contributed by atoms with Crippen molar-refractivity contribution < 1.29 is 35.6 Å². The van der Waals surface area contributed by atoms with E-state index in [1.54, 1.807) is 0 Å². The van der Waals surface area contributed by atoms with E-state index in [9.17, 15) is 31.1 Å². The van der Waals surface area contributed by atoms with E-state index in [2.05, 4.69) is 0 Å². The van der Waals surface area contributed by atoms with Crippen LogP contribution >= 0.6 is 0 Å². The molecule has 3 rings (SSSR count). The number of hydrogen-bond acceptors (Lipinski definition) is 2. The van der Waals surface area contributed by atoms with Gasteiger partial charge in [-0.15, -0.1) is 0 Å². The van der Waals surface area contributed by atoms with Gasteiger partial charge in [-0.3, -0.25) is 4.48 Å². The Morgan fingerprint density at radius 1 is 0.943 bits per heavy atom. The van der Waals surface area contributed by atoms with Crippen molar-refractivity contribution in [3.63, 3.8) is 0 Å². The number of piperidine rings is 1. The molecule has 0 spiro atoms. The molecule has 0 radical (unpaired) electrons. The summed E-state index contributed by atoms with van der Waals surface area (Å²) in [6.07, 6.45) is -8.75. The highest BCUT2D eigenvalue weighted by Gasteiger charge is 2.51. The van der Waals surface area contributed by atoms with Crippen LogP contribution in [0.5, 0.6) is 0 Å². The number of likely N-dealkylation sites (tertiary alicyclic amines) is 1. The molecule has 1 unspecified atom stereocenters. The molecule has 2 aromatic carbocycles. The monoisotopic (exact) mass is 501 g/mol. The predicted octanol–water partition coefficient (Wildman–Crippen LogP) is 6.46. The number of benzene rings is 2. The van der Waals surface area contributed by atoms with Gasteiger partial charge >= 0.3 is 18.3 Å². The fraction of sp³-hybridized carbons (Fsp3) is 0.500. The third-order valence-electron chi connectivity index (χ3n) is 6.48. The van der Waals surface area contributed by atoms with Crippen LogP contribution in [0.2, 0.25) is 0 Å². The smallest absolute Gasteiger partial charge is 0.327 e. The van der Waals surface area contributed by atoms with Crippen LogP contribution in [0.25, 0.3) is 0 Å². The molecule has 0 aliphatic carbocycles. The second-order valence-corrected chi connectivity index (χ2v) is 10.7. The molecule has 1 fully saturated rings. The zero-order chi connectivity index (χ0) is 26.2. The molecule has 1 amide bonds. The van der Waals surface area contributed by atoms with Crippen LogP contribution in [0, 0.1) is 5.41 Å². The highest BCUT2D eigenvalue weighted by atomic mass is 19.4. The number of hydrogen-bond donors (Lipinski definition) is 1. The van der Waals surface area contributed by atoms with Crippen molar-refractivity contribution in [3.05, 3.63) is 70.8 Å². The summed E-state index contributed by atoms with van der Waals surface area (Å²) in [5, 5.41) is 0. The van der Waals surface area contributed by atoms with Gasteiger partial charge in [0.15, 0.2) is 0 Å². The summed E-state index contributed by atoms with van der Waals surface area (Å²) in [7, 11) is 0. The van der Waals surface area contributed by atoms with E-state index in [-0.39, 0.29) is 29.7 Å². The molecule has 9 heteroatoms. The van der Waals surface area contributed by atoms with Crippen molar-refractivity contribution in [1.82, 2.24) is 0 Å². The number of nitrogens with zero attached hydrogens (tertiary/aromatic N) is 1. The summed E-state index contributed by atoms with van der Waals surface area (Å²) >= 11 is 0. The molecule has 1 aliphatic heterocycles. The molecule has 35 heavy (non-hydrogen) atoms. The molecule has 192 valence electrons. The lowest BCUT2D eigenvalue weighted by Gasteiger charge is -2.49. The van der Waals surface area contributed by atoms with E-state index < -0.39 is 46.4 Å². The second kappa shape index (κ2) is 9.58. The average Bonchev–Trinajstić information content (AvgIpc) is 2.73. The lowest BCUT2D eigenvalue weighted by Crippen LogP contribution is -2.67. The van der Waals surface area contributed by atoms with Gasteiger partial charge in [0.25, 0.3) is 0 Å². The molecule has 0 bridgehead atoms. The van der Waals surface area contributed by atoms with Crippen LogP contribution < -0.4 is 5.73 Å². The molecule has 1 aliphatic rings. The standard InChI is InChI=1S/C26H31F6N2O/c1-24(2,3)16-34(10-9-21(33)15-22(34)11-17-7-5-4-6-8-17)23(35)18-12-19(25(27,28)29)14-20(13-18)26(30,31)32/h4-8,12-14,21-22H,9-11,15-16,33H2,1-3H3/q+1/t21-,22+,34?/m0/s1. The number of quaternary nitrogens is 1. The SMILES string of the molecule is CC(C)(C)C[N+]1(C(=O)c2cc(C(F)(F)F)cc(C(F)(F)F)c2)CC[C@H](N)C[C@H]1Cc1ccccc1. The zero-order valence-electron chi connectivity index (χ0n) is 20.0. The molecule has 2 N–H and O–H groups in total. The first-order chi connectivity index (χ1) is 16.0. The fourth-order valence-electron chi connectivity index (χ4n) is 5.12. The summed E-state index contributed by atoms with van der Waals surface area (Å²) in [5.41, 5.74) is 3.19. The number of carbonyl (C=O) groups excluding carboxylic acids is 1. The van der Waals surface area contributed by atoms with E-state index >= 15 is 0 Å². The number of amides is 1. The van der Waals surface area contributed by atoms with Crippen molar-refractivity contribution in [2.24, 2.45) is 11.1 Å².